The molecule has 2 aliphatic rings. The van der Waals surface area contributed by atoms with Gasteiger partial charge in [-0.05, 0) is 117 Å². The van der Waals surface area contributed by atoms with E-state index in [0.717, 1.165) is 118 Å². The van der Waals surface area contributed by atoms with Gasteiger partial charge < -0.3 is 87.4 Å². The summed E-state index contributed by atoms with van der Waals surface area (Å²) in [7, 11) is 1.99. The first kappa shape index (κ1) is 102. The molecule has 0 bridgehead atoms. The lowest BCUT2D eigenvalue weighted by Crippen LogP contribution is -2.17. The molecule has 14 N–H and O–H groups in total. The van der Waals surface area contributed by atoms with Crippen LogP contribution in [0.1, 0.15) is 300 Å². The Morgan fingerprint density at radius 1 is 0.356 bits per heavy atom. The van der Waals surface area contributed by atoms with Crippen LogP contribution in [-0.2, 0) is 14.9 Å². The molecule has 35 heteroatoms. The van der Waals surface area contributed by atoms with Crippen molar-refractivity contribution in [2.24, 2.45) is 0 Å². The van der Waals surface area contributed by atoms with Crippen molar-refractivity contribution in [3.63, 3.8) is 0 Å². The average molecular weight is 1810 g/mol. The first-order valence-corrected chi connectivity index (χ1v) is 44.3. The summed E-state index contributed by atoms with van der Waals surface area (Å²) in [6.45, 7) is 50.6. The summed E-state index contributed by atoms with van der Waals surface area (Å²) in [5, 5.41) is 19.3. The van der Waals surface area contributed by atoms with Gasteiger partial charge in [0.1, 0.15) is 75.3 Å². The Kier molecular flexibility index (Phi) is 36.4. The quantitative estimate of drug-likeness (QED) is 0.0278. The highest BCUT2D eigenvalue weighted by Gasteiger charge is 2.27. The number of nitrogens with two attached hydrogens (primary N) is 6. The summed E-state index contributed by atoms with van der Waals surface area (Å²) in [5.74, 6) is 15.2. The number of nitrogen functional groups attached to an aromatic ring is 6. The fourth-order valence-corrected chi connectivity index (χ4v) is 13.1. The summed E-state index contributed by atoms with van der Waals surface area (Å²) in [6.07, 6.45) is 22.2. The molecule has 704 valence electrons. The molecule has 0 aromatic carbocycles. The smallest absolute Gasteiger partial charge is 0.187 e. The van der Waals surface area contributed by atoms with Gasteiger partial charge in [0.05, 0.1) is 79.2 Å². The fourth-order valence-electron chi connectivity index (χ4n) is 13.1. The topological polar surface area (TPSA) is 506 Å². The predicted molar refractivity (Wildman–Crippen MR) is 513 cm³/mol. The average Bonchev–Trinajstić information content (AvgIpc) is 1.36. The molecule has 14 heterocycles. The van der Waals surface area contributed by atoms with Crippen LogP contribution in [0.3, 0.4) is 0 Å². The third kappa shape index (κ3) is 28.8. The highest BCUT2D eigenvalue weighted by atomic mass is 16.5. The minimum absolute atomic E-state index is 0.0465. The molecule has 2 aliphatic heterocycles. The van der Waals surface area contributed by atoms with Crippen LogP contribution < -0.4 is 67.7 Å². The molecule has 0 saturated carbocycles. The molecule has 4 atom stereocenters. The van der Waals surface area contributed by atoms with Crippen molar-refractivity contribution < 1.29 is 48.1 Å². The van der Waals surface area contributed by atoms with Crippen molar-refractivity contribution in [2.75, 3.05) is 72.7 Å². The Hall–Kier alpha value is -13.4. The molecular formula is C97H131N25O10. The van der Waals surface area contributed by atoms with Gasteiger partial charge in [-0.1, -0.05) is 104 Å². The second-order valence-corrected chi connectivity index (χ2v) is 35.0. The van der Waals surface area contributed by atoms with Gasteiger partial charge in [-0.3, -0.25) is 24.9 Å². The van der Waals surface area contributed by atoms with E-state index in [1.54, 1.807) is 117 Å². The molecule has 132 heavy (non-hydrogen) atoms. The van der Waals surface area contributed by atoms with Crippen molar-refractivity contribution in [2.45, 2.75) is 251 Å². The van der Waals surface area contributed by atoms with E-state index >= 15 is 0 Å². The first-order chi connectivity index (χ1) is 62.4. The van der Waals surface area contributed by atoms with Gasteiger partial charge in [0.15, 0.2) is 69.4 Å². The molecule has 12 aromatic heterocycles. The lowest BCUT2D eigenvalue weighted by atomic mass is 9.90. The van der Waals surface area contributed by atoms with Crippen molar-refractivity contribution in [3.05, 3.63) is 208 Å². The van der Waals surface area contributed by atoms with Crippen LogP contribution in [0.4, 0.5) is 40.7 Å². The Bertz CT molecular complexity index is 5590. The summed E-state index contributed by atoms with van der Waals surface area (Å²) < 4.78 is 46.9. The van der Waals surface area contributed by atoms with Gasteiger partial charge in [-0.2, -0.15) is 0 Å². The van der Waals surface area contributed by atoms with Crippen LogP contribution >= 0.6 is 0 Å². The summed E-state index contributed by atoms with van der Waals surface area (Å²) in [4.78, 5) is 78.3. The highest BCUT2D eigenvalue weighted by molar-refractivity contribution is 5.56. The number of aliphatic hydroxyl groups excluding tert-OH is 2. The van der Waals surface area contributed by atoms with Gasteiger partial charge in [0.2, 0.25) is 0 Å². The minimum atomic E-state index is -0.667. The van der Waals surface area contributed by atoms with E-state index in [1.807, 2.05) is 88.7 Å². The van der Waals surface area contributed by atoms with Crippen LogP contribution in [0.5, 0.6) is 69.0 Å². The summed E-state index contributed by atoms with van der Waals surface area (Å²) >= 11 is 0. The number of nitrogens with zero attached hydrogens (tertiary/aromatic N) is 19. The molecule has 0 spiro atoms. The zero-order chi connectivity index (χ0) is 96.7. The van der Waals surface area contributed by atoms with Crippen LogP contribution in [-0.4, -0.2) is 133 Å². The zero-order valence-corrected chi connectivity index (χ0v) is 80.7. The Morgan fingerprint density at radius 2 is 0.644 bits per heavy atom. The van der Waals surface area contributed by atoms with E-state index in [1.165, 1.54) is 0 Å². The molecule has 12 aromatic rings. The molecule has 35 nitrogen and oxygen atoms in total. The number of aryl methyl sites for hydroxylation is 6. The summed E-state index contributed by atoms with van der Waals surface area (Å²) in [6, 6.07) is 11.3. The second-order valence-electron chi connectivity index (χ2n) is 35.0. The largest absolute Gasteiger partial charge is 0.451 e. The monoisotopic (exact) mass is 1810 g/mol. The maximum Gasteiger partial charge on any atom is 0.187 e. The van der Waals surface area contributed by atoms with Crippen LogP contribution in [0.25, 0.3) is 0 Å². The van der Waals surface area contributed by atoms with E-state index in [9.17, 15) is 10.2 Å². The summed E-state index contributed by atoms with van der Waals surface area (Å²) in [5.41, 5.74) is 45.3. The van der Waals surface area contributed by atoms with Gasteiger partial charge in [-0.25, -0.2) is 64.8 Å². The maximum atomic E-state index is 9.67. The van der Waals surface area contributed by atoms with Crippen molar-refractivity contribution in [1.82, 2.24) is 89.7 Å². The maximum absolute atomic E-state index is 9.67. The van der Waals surface area contributed by atoms with Crippen molar-refractivity contribution in [1.29, 1.82) is 0 Å². The number of pyridine rings is 6. The van der Waals surface area contributed by atoms with Crippen molar-refractivity contribution in [3.8, 4) is 69.0 Å². The molecule has 2 saturated heterocycles. The molecular weight excluding hydrogens is 1680 g/mol. The molecule has 0 radical (unpaired) electrons. The van der Waals surface area contributed by atoms with Gasteiger partial charge in [0.25, 0.3) is 0 Å². The normalized spacial score (nSPS) is 13.9. The molecule has 2 unspecified atom stereocenters. The lowest BCUT2D eigenvalue weighted by Gasteiger charge is -2.21. The lowest BCUT2D eigenvalue weighted by molar-refractivity contribution is 0.108. The standard InChI is InChI=1S/2C17H22N4O2.C17H24N4O.C16H23N5O.2C15H20N4O2/c1-10(2)13-7-20-14(12-4-5-22-9-12)6-15(13)23-16-8-19-11(3)21-17(16)18;1-10(2)12-8-20-13(14-5-4-6-22-14)7-15(12)23-16-9-19-11(3)21-17(16)18;1-10(2)12-8-20-15(17(4,5)6)7-13(12)22-14-9-19-11(3)21-16(14)18;1-6-21(5)15-7-13(12(8-19-15)10(2)3)22-14-9-18-11(4)20-16(14)17;2*1-8(2)11-6-18-12(9(3)20)5-13(11)21-14-7-17-10(4)19-15(14)16/h6-8,10,12H,4-5,9H2,1-3H3,(H2,18,19,21);7-10,14H,4-6H2,1-3H3,(H2,18,19,21);7-10H,1-6H3,(H2,18,19,21);7-10H,6H2,1-5H3,(H2,17,18,20);2*5-9,20H,1-4H3,(H2,16,17,19)/t;;;;2*9-/m....10/s1. The Labute approximate surface area is 774 Å². The number of anilines is 7. The number of aromatic nitrogens is 18. The van der Waals surface area contributed by atoms with Gasteiger partial charge in [0, 0.05) is 156 Å². The molecule has 0 aliphatic carbocycles. The highest BCUT2D eigenvalue weighted by Crippen LogP contribution is 2.43. The number of aliphatic hydroxyl groups is 2. The van der Waals surface area contributed by atoms with Crippen molar-refractivity contribution >= 4 is 40.7 Å². The number of hydrogen-bond donors (Lipinski definition) is 8. The second kappa shape index (κ2) is 46.9. The third-order valence-corrected chi connectivity index (χ3v) is 21.0. The van der Waals surface area contributed by atoms with Crippen LogP contribution in [0.15, 0.2) is 111 Å². The van der Waals surface area contributed by atoms with E-state index in [2.05, 4.69) is 173 Å². The van der Waals surface area contributed by atoms with Crippen LogP contribution in [0.2, 0.25) is 0 Å². The zero-order valence-electron chi connectivity index (χ0n) is 80.7. The first-order valence-electron chi connectivity index (χ1n) is 44.3. The molecule has 0 amide bonds. The SMILES string of the molecule is CCN(C)c1cc(Oc2cnc(C)nc2N)c(C(C)C)cn1.Cc1ncc(Oc2cc(C(C)(C)C)ncc2C(C)C)c(N)n1.Cc1ncc(Oc2cc(C3CCCO3)ncc2C(C)C)c(N)n1.Cc1ncc(Oc2cc(C3CCOC3)ncc2C(C)C)c(N)n1.Cc1ncc(Oc2cc([C@@H](C)O)ncc2C(C)C)c(N)n1.Cc1ncc(Oc2cc([C@H](C)O)ncc2C(C)C)c(N)n1. The fraction of sp³-hybridized carbons (Fsp3) is 0.443. The number of rotatable bonds is 24. The third-order valence-electron chi connectivity index (χ3n) is 21.0. The van der Waals surface area contributed by atoms with Gasteiger partial charge >= 0.3 is 0 Å². The Balaban J connectivity index is 0.000000178. The van der Waals surface area contributed by atoms with E-state index in [-0.39, 0.29) is 46.8 Å². The predicted octanol–water partition coefficient (Wildman–Crippen LogP) is 19.3. The van der Waals surface area contributed by atoms with Crippen LogP contribution in [0, 0.1) is 41.5 Å². The Morgan fingerprint density at radius 3 is 0.924 bits per heavy atom. The van der Waals surface area contributed by atoms with E-state index in [4.69, 9.17) is 72.3 Å². The molecule has 2 fully saturated rings. The minimum Gasteiger partial charge on any atom is -0.451 e. The van der Waals surface area contributed by atoms with Gasteiger partial charge in [-0.15, -0.1) is 0 Å². The molecule has 14 rings (SSSR count). The van der Waals surface area contributed by atoms with E-state index < -0.39 is 12.2 Å². The number of hydrogen-bond acceptors (Lipinski definition) is 35. The number of ether oxygens (including phenoxy) is 8. The van der Waals surface area contributed by atoms with E-state index in [0.29, 0.717) is 140 Å².